The predicted octanol–water partition coefficient (Wildman–Crippen LogP) is 9.50. The fourth-order valence-electron chi connectivity index (χ4n) is 5.36. The molecule has 1 heterocycles. The van der Waals surface area contributed by atoms with Crippen molar-refractivity contribution in [3.8, 4) is 45.0 Å². The molecule has 0 aliphatic heterocycles. The molecule has 7 rings (SSSR count). The third-order valence-electron chi connectivity index (χ3n) is 7.04. The zero-order valence-electron chi connectivity index (χ0n) is 20.9. The Hall–Kier alpha value is -4.86. The molecule has 0 aliphatic rings. The highest BCUT2D eigenvalue weighted by atomic mass is 35.5. The topological polar surface area (TPSA) is 38.7 Å². The first-order valence-corrected chi connectivity index (χ1v) is 13.2. The molecule has 0 aliphatic carbocycles. The molecule has 4 heteroatoms. The molecule has 0 fully saturated rings. The number of aromatic nitrogens is 3. The van der Waals surface area contributed by atoms with Crippen LogP contribution in [0.5, 0.6) is 0 Å². The van der Waals surface area contributed by atoms with E-state index in [0.717, 1.165) is 16.7 Å². The van der Waals surface area contributed by atoms with Gasteiger partial charge in [-0.1, -0.05) is 127 Å². The minimum absolute atomic E-state index is 0.173. The van der Waals surface area contributed by atoms with Crippen molar-refractivity contribution in [2.75, 3.05) is 0 Å². The quantitative estimate of drug-likeness (QED) is 0.217. The molecule has 0 N–H and O–H groups in total. The lowest BCUT2D eigenvalue weighted by Crippen LogP contribution is -1.97. The predicted molar refractivity (Wildman–Crippen MR) is 162 cm³/mol. The summed E-state index contributed by atoms with van der Waals surface area (Å²) in [5.74, 6) is 1.10. The SMILES string of the molecule is Clc1nc(-c2ccccc2)nc(-c2cccc(-c3c4ccccc4c(-c4ccccc4)c4ccccc34)c2)n1. The van der Waals surface area contributed by atoms with Crippen molar-refractivity contribution < 1.29 is 0 Å². The summed E-state index contributed by atoms with van der Waals surface area (Å²) in [6, 6.07) is 46.1. The van der Waals surface area contributed by atoms with E-state index in [2.05, 4.69) is 107 Å². The molecule has 6 aromatic carbocycles. The fraction of sp³-hybridized carbons (Fsp3) is 0. The van der Waals surface area contributed by atoms with Gasteiger partial charge < -0.3 is 0 Å². The molecule has 0 saturated heterocycles. The Labute approximate surface area is 231 Å². The van der Waals surface area contributed by atoms with Gasteiger partial charge in [-0.05, 0) is 61.5 Å². The van der Waals surface area contributed by atoms with Crippen LogP contribution in [0.25, 0.3) is 66.6 Å². The van der Waals surface area contributed by atoms with Crippen LogP contribution < -0.4 is 0 Å². The normalized spacial score (nSPS) is 11.2. The Bertz CT molecular complexity index is 1910. The number of fused-ring (bicyclic) bond motifs is 2. The molecule has 184 valence electrons. The summed E-state index contributed by atoms with van der Waals surface area (Å²) in [6.07, 6.45) is 0. The molecule has 0 unspecified atom stereocenters. The van der Waals surface area contributed by atoms with Gasteiger partial charge in [0.15, 0.2) is 11.6 Å². The van der Waals surface area contributed by atoms with Crippen LogP contribution in [-0.4, -0.2) is 15.0 Å². The van der Waals surface area contributed by atoms with Crippen LogP contribution in [0.1, 0.15) is 0 Å². The largest absolute Gasteiger partial charge is 0.226 e. The zero-order chi connectivity index (χ0) is 26.2. The van der Waals surface area contributed by atoms with Gasteiger partial charge in [-0.25, -0.2) is 4.98 Å². The number of halogens is 1. The van der Waals surface area contributed by atoms with E-state index in [4.69, 9.17) is 16.6 Å². The second-order valence-electron chi connectivity index (χ2n) is 9.41. The summed E-state index contributed by atoms with van der Waals surface area (Å²) >= 11 is 6.38. The molecule has 0 amide bonds. The van der Waals surface area contributed by atoms with Crippen molar-refractivity contribution in [3.05, 3.63) is 139 Å². The maximum Gasteiger partial charge on any atom is 0.226 e. The van der Waals surface area contributed by atoms with Crippen molar-refractivity contribution in [2.45, 2.75) is 0 Å². The van der Waals surface area contributed by atoms with E-state index in [1.807, 2.05) is 36.4 Å². The van der Waals surface area contributed by atoms with Gasteiger partial charge in [0.05, 0.1) is 0 Å². The number of hydrogen-bond donors (Lipinski definition) is 0. The Balaban J connectivity index is 1.47. The van der Waals surface area contributed by atoms with Gasteiger partial charge in [0.2, 0.25) is 5.28 Å². The number of nitrogens with zero attached hydrogens (tertiary/aromatic N) is 3. The number of benzene rings is 6. The molecular formula is C35H22ClN3. The number of hydrogen-bond acceptors (Lipinski definition) is 3. The van der Waals surface area contributed by atoms with Gasteiger partial charge in [0.1, 0.15) is 0 Å². The summed E-state index contributed by atoms with van der Waals surface area (Å²) in [4.78, 5) is 13.6. The van der Waals surface area contributed by atoms with Gasteiger partial charge in [-0.15, -0.1) is 0 Å². The summed E-state index contributed by atoms with van der Waals surface area (Å²) in [5.41, 5.74) is 6.52. The molecule has 3 nitrogen and oxygen atoms in total. The maximum absolute atomic E-state index is 6.38. The lowest BCUT2D eigenvalue weighted by Gasteiger charge is -2.18. The monoisotopic (exact) mass is 519 g/mol. The van der Waals surface area contributed by atoms with E-state index in [9.17, 15) is 0 Å². The molecule has 0 radical (unpaired) electrons. The van der Waals surface area contributed by atoms with Crippen LogP contribution in [0.15, 0.2) is 133 Å². The van der Waals surface area contributed by atoms with Gasteiger partial charge in [-0.2, -0.15) is 9.97 Å². The smallest absolute Gasteiger partial charge is 0.208 e. The van der Waals surface area contributed by atoms with Crippen molar-refractivity contribution in [2.24, 2.45) is 0 Å². The average Bonchev–Trinajstić information content (AvgIpc) is 3.00. The van der Waals surface area contributed by atoms with Crippen LogP contribution in [0.3, 0.4) is 0 Å². The van der Waals surface area contributed by atoms with E-state index in [-0.39, 0.29) is 5.28 Å². The van der Waals surface area contributed by atoms with Crippen LogP contribution in [0.4, 0.5) is 0 Å². The number of rotatable bonds is 4. The highest BCUT2D eigenvalue weighted by Gasteiger charge is 2.17. The van der Waals surface area contributed by atoms with E-state index in [1.54, 1.807) is 0 Å². The van der Waals surface area contributed by atoms with Crippen LogP contribution >= 0.6 is 11.6 Å². The summed E-state index contributed by atoms with van der Waals surface area (Å²) in [5, 5.41) is 5.01. The lowest BCUT2D eigenvalue weighted by atomic mass is 9.86. The van der Waals surface area contributed by atoms with E-state index >= 15 is 0 Å². The van der Waals surface area contributed by atoms with Gasteiger partial charge >= 0.3 is 0 Å². The zero-order valence-corrected chi connectivity index (χ0v) is 21.7. The van der Waals surface area contributed by atoms with Crippen LogP contribution in [0, 0.1) is 0 Å². The Morgan fingerprint density at radius 1 is 0.359 bits per heavy atom. The first kappa shape index (κ1) is 23.3. The van der Waals surface area contributed by atoms with Crippen molar-refractivity contribution in [1.29, 1.82) is 0 Å². The van der Waals surface area contributed by atoms with E-state index in [0.29, 0.717) is 11.6 Å². The molecule has 0 bridgehead atoms. The molecule has 1 aromatic heterocycles. The Kier molecular flexibility index (Phi) is 5.84. The van der Waals surface area contributed by atoms with Crippen LogP contribution in [0.2, 0.25) is 5.28 Å². The first-order chi connectivity index (χ1) is 19.3. The molecule has 7 aromatic rings. The summed E-state index contributed by atoms with van der Waals surface area (Å²) in [6.45, 7) is 0. The second-order valence-corrected chi connectivity index (χ2v) is 9.74. The Morgan fingerprint density at radius 3 is 1.33 bits per heavy atom. The minimum atomic E-state index is 0.173. The fourth-order valence-corrected chi connectivity index (χ4v) is 5.52. The third-order valence-corrected chi connectivity index (χ3v) is 7.21. The third kappa shape index (κ3) is 4.23. The molecular weight excluding hydrogens is 498 g/mol. The Morgan fingerprint density at radius 2 is 0.769 bits per heavy atom. The summed E-state index contributed by atoms with van der Waals surface area (Å²) in [7, 11) is 0. The highest BCUT2D eigenvalue weighted by molar-refractivity contribution is 6.28. The van der Waals surface area contributed by atoms with Crippen molar-refractivity contribution in [1.82, 2.24) is 15.0 Å². The van der Waals surface area contributed by atoms with Gasteiger partial charge in [0.25, 0.3) is 0 Å². The standard InChI is InChI=1S/C35H22ClN3/c36-35-38-33(24-14-5-2-6-15-24)37-34(39-35)26-17-11-16-25(22-26)32-29-20-9-7-18-27(29)31(23-12-3-1-4-13-23)28-19-8-10-21-30(28)32/h1-22H. The first-order valence-electron chi connectivity index (χ1n) is 12.8. The van der Waals surface area contributed by atoms with E-state index < -0.39 is 0 Å². The van der Waals surface area contributed by atoms with Gasteiger partial charge in [-0.3, -0.25) is 0 Å². The molecule has 0 spiro atoms. The van der Waals surface area contributed by atoms with Crippen molar-refractivity contribution in [3.63, 3.8) is 0 Å². The molecule has 39 heavy (non-hydrogen) atoms. The van der Waals surface area contributed by atoms with Crippen molar-refractivity contribution >= 4 is 33.1 Å². The molecule has 0 atom stereocenters. The van der Waals surface area contributed by atoms with Crippen LogP contribution in [-0.2, 0) is 0 Å². The second kappa shape index (κ2) is 9.79. The van der Waals surface area contributed by atoms with E-state index in [1.165, 1.54) is 38.2 Å². The summed E-state index contributed by atoms with van der Waals surface area (Å²) < 4.78 is 0. The average molecular weight is 520 g/mol. The molecule has 0 saturated carbocycles. The lowest BCUT2D eigenvalue weighted by molar-refractivity contribution is 1.07. The maximum atomic E-state index is 6.38. The van der Waals surface area contributed by atoms with Gasteiger partial charge in [0, 0.05) is 11.1 Å². The minimum Gasteiger partial charge on any atom is -0.208 e. The highest BCUT2D eigenvalue weighted by Crippen LogP contribution is 2.43.